The van der Waals surface area contributed by atoms with Crippen molar-refractivity contribution < 1.29 is 22.7 Å². The Bertz CT molecular complexity index is 514. The van der Waals surface area contributed by atoms with E-state index in [4.69, 9.17) is 4.74 Å². The van der Waals surface area contributed by atoms with Crippen molar-refractivity contribution in [2.75, 3.05) is 19.7 Å². The minimum atomic E-state index is -4.21. The highest BCUT2D eigenvalue weighted by molar-refractivity contribution is 5.76. The second-order valence-electron chi connectivity index (χ2n) is 5.80. The van der Waals surface area contributed by atoms with Gasteiger partial charge < -0.3 is 9.64 Å². The summed E-state index contributed by atoms with van der Waals surface area (Å²) < 4.78 is 43.7. The van der Waals surface area contributed by atoms with Gasteiger partial charge in [-0.15, -0.1) is 0 Å². The van der Waals surface area contributed by atoms with Crippen LogP contribution in [0.5, 0.6) is 5.75 Å². The number of nitrogens with zero attached hydrogens (tertiary/aromatic N) is 1. The molecule has 128 valence electrons. The van der Waals surface area contributed by atoms with Crippen LogP contribution in [-0.4, -0.2) is 36.7 Å². The molecule has 1 saturated heterocycles. The van der Waals surface area contributed by atoms with E-state index in [1.807, 2.05) is 31.2 Å². The summed E-state index contributed by atoms with van der Waals surface area (Å²) in [4.78, 5) is 13.5. The van der Waals surface area contributed by atoms with Gasteiger partial charge in [-0.2, -0.15) is 13.2 Å². The quantitative estimate of drug-likeness (QED) is 0.822. The molecule has 1 amide bonds. The SMILES string of the molecule is CCOc1ccc(CCC(=O)N2CCC[C@H](C(F)(F)F)C2)cc1. The summed E-state index contributed by atoms with van der Waals surface area (Å²) in [6, 6.07) is 7.44. The standard InChI is InChI=1S/C17H22F3NO2/c1-2-23-15-8-5-13(6-9-15)7-10-16(22)21-11-3-4-14(12-21)17(18,19)20/h5-6,8-9,14H,2-4,7,10-12H2,1H3/t14-/m0/s1. The van der Waals surface area contributed by atoms with Gasteiger partial charge >= 0.3 is 6.18 Å². The Morgan fingerprint density at radius 1 is 1.30 bits per heavy atom. The second-order valence-corrected chi connectivity index (χ2v) is 5.80. The smallest absolute Gasteiger partial charge is 0.393 e. The summed E-state index contributed by atoms with van der Waals surface area (Å²) in [5.74, 6) is -0.815. The molecule has 0 aliphatic carbocycles. The number of benzene rings is 1. The zero-order chi connectivity index (χ0) is 16.9. The first-order chi connectivity index (χ1) is 10.9. The first-order valence-electron chi connectivity index (χ1n) is 7.96. The van der Waals surface area contributed by atoms with Crippen LogP contribution in [-0.2, 0) is 11.2 Å². The number of halogens is 3. The lowest BCUT2D eigenvalue weighted by atomic mass is 9.97. The van der Waals surface area contributed by atoms with Crippen molar-refractivity contribution in [3.05, 3.63) is 29.8 Å². The van der Waals surface area contributed by atoms with E-state index in [1.54, 1.807) is 0 Å². The summed E-state index contributed by atoms with van der Waals surface area (Å²) in [7, 11) is 0. The van der Waals surface area contributed by atoms with Crippen LogP contribution >= 0.6 is 0 Å². The molecule has 1 atom stereocenters. The molecule has 0 unspecified atom stereocenters. The van der Waals surface area contributed by atoms with Crippen LogP contribution in [0, 0.1) is 5.92 Å². The van der Waals surface area contributed by atoms with Crippen molar-refractivity contribution in [1.29, 1.82) is 0 Å². The maximum absolute atomic E-state index is 12.8. The molecule has 3 nitrogen and oxygen atoms in total. The summed E-state index contributed by atoms with van der Waals surface area (Å²) in [5.41, 5.74) is 0.978. The molecule has 2 rings (SSSR count). The van der Waals surface area contributed by atoms with Crippen molar-refractivity contribution in [3.8, 4) is 5.75 Å². The molecule has 0 bridgehead atoms. The van der Waals surface area contributed by atoms with Crippen LogP contribution in [0.2, 0.25) is 0 Å². The van der Waals surface area contributed by atoms with Gasteiger partial charge in [0.05, 0.1) is 12.5 Å². The zero-order valence-electron chi connectivity index (χ0n) is 13.2. The van der Waals surface area contributed by atoms with Gasteiger partial charge in [0.1, 0.15) is 5.75 Å². The predicted octanol–water partition coefficient (Wildman–Crippen LogP) is 3.82. The number of carbonyl (C=O) groups is 1. The topological polar surface area (TPSA) is 29.5 Å². The fraction of sp³-hybridized carbons (Fsp3) is 0.588. The average Bonchev–Trinajstić information content (AvgIpc) is 2.53. The van der Waals surface area contributed by atoms with Crippen LogP contribution in [0.4, 0.5) is 13.2 Å². The fourth-order valence-electron chi connectivity index (χ4n) is 2.80. The van der Waals surface area contributed by atoms with Crippen molar-refractivity contribution in [3.63, 3.8) is 0 Å². The molecule has 6 heteroatoms. The van der Waals surface area contributed by atoms with Gasteiger partial charge in [-0.3, -0.25) is 4.79 Å². The molecule has 1 aliphatic rings. The highest BCUT2D eigenvalue weighted by Crippen LogP contribution is 2.33. The molecular formula is C17H22F3NO2. The van der Waals surface area contributed by atoms with Gasteiger partial charge in [0, 0.05) is 19.5 Å². The Balaban J connectivity index is 1.84. The number of hydrogen-bond acceptors (Lipinski definition) is 2. The number of alkyl halides is 3. The van der Waals surface area contributed by atoms with Gasteiger partial charge in [0.2, 0.25) is 5.91 Å². The predicted molar refractivity (Wildman–Crippen MR) is 81.3 cm³/mol. The largest absolute Gasteiger partial charge is 0.494 e. The number of amides is 1. The number of likely N-dealkylation sites (tertiary alicyclic amines) is 1. The number of hydrogen-bond donors (Lipinski definition) is 0. The molecule has 0 N–H and O–H groups in total. The number of aryl methyl sites for hydroxylation is 1. The van der Waals surface area contributed by atoms with Crippen molar-refractivity contribution in [2.24, 2.45) is 5.92 Å². The Kier molecular flexibility index (Phi) is 5.91. The molecular weight excluding hydrogens is 307 g/mol. The molecule has 0 saturated carbocycles. The Labute approximate surface area is 134 Å². The third kappa shape index (κ3) is 5.15. The van der Waals surface area contributed by atoms with E-state index in [0.717, 1.165) is 11.3 Å². The summed E-state index contributed by atoms with van der Waals surface area (Å²) >= 11 is 0. The van der Waals surface area contributed by atoms with Gasteiger partial charge in [-0.05, 0) is 43.9 Å². The molecule has 0 radical (unpaired) electrons. The Morgan fingerprint density at radius 3 is 2.61 bits per heavy atom. The lowest BCUT2D eigenvalue weighted by Crippen LogP contribution is -2.44. The summed E-state index contributed by atoms with van der Waals surface area (Å²) in [6.07, 6.45) is -2.92. The maximum Gasteiger partial charge on any atom is 0.393 e. The highest BCUT2D eigenvalue weighted by Gasteiger charge is 2.42. The minimum absolute atomic E-state index is 0.117. The molecule has 1 aromatic carbocycles. The number of ether oxygens (including phenoxy) is 1. The molecule has 1 aliphatic heterocycles. The van der Waals surface area contributed by atoms with E-state index in [1.165, 1.54) is 4.90 Å². The third-order valence-corrected chi connectivity index (χ3v) is 4.10. The lowest BCUT2D eigenvalue weighted by Gasteiger charge is -2.33. The maximum atomic E-state index is 12.8. The van der Waals surface area contributed by atoms with E-state index < -0.39 is 12.1 Å². The van der Waals surface area contributed by atoms with E-state index in [0.29, 0.717) is 26.0 Å². The summed E-state index contributed by atoms with van der Waals surface area (Å²) in [5, 5.41) is 0. The van der Waals surface area contributed by atoms with E-state index in [-0.39, 0.29) is 25.3 Å². The van der Waals surface area contributed by atoms with Crippen molar-refractivity contribution in [1.82, 2.24) is 4.90 Å². The molecule has 1 fully saturated rings. The second kappa shape index (κ2) is 7.70. The summed E-state index contributed by atoms with van der Waals surface area (Å²) in [6.45, 7) is 2.72. The highest BCUT2D eigenvalue weighted by atomic mass is 19.4. The molecule has 1 aromatic rings. The number of carbonyl (C=O) groups excluding carboxylic acids is 1. The van der Waals surface area contributed by atoms with Crippen molar-refractivity contribution in [2.45, 2.75) is 38.8 Å². The van der Waals surface area contributed by atoms with Crippen LogP contribution < -0.4 is 4.74 Å². The molecule has 23 heavy (non-hydrogen) atoms. The molecule has 1 heterocycles. The lowest BCUT2D eigenvalue weighted by molar-refractivity contribution is -0.188. The van der Waals surface area contributed by atoms with Crippen LogP contribution in [0.3, 0.4) is 0 Å². The molecule has 0 spiro atoms. The minimum Gasteiger partial charge on any atom is -0.494 e. The van der Waals surface area contributed by atoms with E-state index in [9.17, 15) is 18.0 Å². The first kappa shape index (κ1) is 17.6. The average molecular weight is 329 g/mol. The Morgan fingerprint density at radius 2 is 2.00 bits per heavy atom. The van der Waals surface area contributed by atoms with Gasteiger partial charge in [0.25, 0.3) is 0 Å². The number of rotatable bonds is 5. The van der Waals surface area contributed by atoms with Crippen molar-refractivity contribution >= 4 is 5.91 Å². The Hall–Kier alpha value is -1.72. The van der Waals surface area contributed by atoms with Crippen LogP contribution in [0.1, 0.15) is 31.7 Å². The van der Waals surface area contributed by atoms with Gasteiger partial charge in [0.15, 0.2) is 0 Å². The number of piperidine rings is 1. The third-order valence-electron chi connectivity index (χ3n) is 4.10. The van der Waals surface area contributed by atoms with E-state index in [2.05, 4.69) is 0 Å². The van der Waals surface area contributed by atoms with Crippen LogP contribution in [0.25, 0.3) is 0 Å². The monoisotopic (exact) mass is 329 g/mol. The fourth-order valence-corrected chi connectivity index (χ4v) is 2.80. The molecule has 0 aromatic heterocycles. The van der Waals surface area contributed by atoms with Gasteiger partial charge in [-0.1, -0.05) is 12.1 Å². The zero-order valence-corrected chi connectivity index (χ0v) is 13.2. The van der Waals surface area contributed by atoms with Gasteiger partial charge in [-0.25, -0.2) is 0 Å². The van der Waals surface area contributed by atoms with E-state index >= 15 is 0 Å². The normalized spacial score (nSPS) is 18.8. The first-order valence-corrected chi connectivity index (χ1v) is 7.96. The van der Waals surface area contributed by atoms with Crippen LogP contribution in [0.15, 0.2) is 24.3 Å².